The summed E-state index contributed by atoms with van der Waals surface area (Å²) in [6.45, 7) is 4.17. The zero-order valence-corrected chi connectivity index (χ0v) is 12.8. The Labute approximate surface area is 118 Å². The topological polar surface area (TPSA) is 46.2 Å². The van der Waals surface area contributed by atoms with Crippen LogP contribution in [-0.4, -0.2) is 14.9 Å². The molecule has 2 rings (SSSR count). The highest BCUT2D eigenvalue weighted by molar-refractivity contribution is 7.85. The first kappa shape index (κ1) is 14.8. The van der Waals surface area contributed by atoms with Gasteiger partial charge in [0.2, 0.25) is 5.91 Å². The number of hydrogen-bond donors (Lipinski definition) is 1. The molecule has 0 aliphatic heterocycles. The molecule has 2 aliphatic carbocycles. The van der Waals surface area contributed by atoms with Gasteiger partial charge in [0, 0.05) is 5.92 Å². The van der Waals surface area contributed by atoms with Gasteiger partial charge in [-0.3, -0.25) is 9.52 Å². The van der Waals surface area contributed by atoms with E-state index >= 15 is 0 Å². The van der Waals surface area contributed by atoms with E-state index in [2.05, 4.69) is 23.8 Å². The number of carbonyl (C=O) groups is 1. The lowest BCUT2D eigenvalue weighted by atomic mass is 10.2. The Morgan fingerprint density at radius 1 is 1.42 bits per heavy atom. The van der Waals surface area contributed by atoms with Crippen LogP contribution in [0.2, 0.25) is 0 Å². The largest absolute Gasteiger partial charge is 0.274 e. The Hall–Kier alpha value is -0.640. The van der Waals surface area contributed by atoms with Gasteiger partial charge in [-0.1, -0.05) is 31.9 Å². The Bertz CT molecular complexity index is 388. The number of unbranched alkanes of at least 4 members (excludes halogenated alkanes) is 3. The van der Waals surface area contributed by atoms with Crippen LogP contribution in [0.1, 0.15) is 58.8 Å². The van der Waals surface area contributed by atoms with E-state index in [1.807, 2.05) is 6.92 Å². The SMILES string of the molecule is CCCCC/C=C\C1C[C@@H]1C(=O)NS(=O)C1(C)CC1. The lowest BCUT2D eigenvalue weighted by molar-refractivity contribution is -0.120. The zero-order chi connectivity index (χ0) is 13.9. The van der Waals surface area contributed by atoms with Gasteiger partial charge in [-0.05, 0) is 44.9 Å². The molecule has 3 nitrogen and oxygen atoms in total. The average molecular weight is 283 g/mol. The van der Waals surface area contributed by atoms with Gasteiger partial charge in [0.15, 0.2) is 0 Å². The molecule has 0 saturated heterocycles. The van der Waals surface area contributed by atoms with Gasteiger partial charge in [-0.15, -0.1) is 0 Å². The average Bonchev–Trinajstić information content (AvgIpc) is 3.26. The third-order valence-electron chi connectivity index (χ3n) is 4.13. The summed E-state index contributed by atoms with van der Waals surface area (Å²) >= 11 is 0. The standard InChI is InChI=1S/C15H25NO2S/c1-3-4-5-6-7-8-12-11-13(12)14(17)16-19(18)15(2)9-10-15/h7-8,12-13H,3-6,9-11H2,1-2H3,(H,16,17)/b8-7-/t12?,13-,19?/m0/s1. The van der Waals surface area contributed by atoms with Crippen LogP contribution in [0.15, 0.2) is 12.2 Å². The van der Waals surface area contributed by atoms with Crippen molar-refractivity contribution in [1.82, 2.24) is 4.72 Å². The molecule has 1 amide bonds. The van der Waals surface area contributed by atoms with E-state index in [9.17, 15) is 9.00 Å². The van der Waals surface area contributed by atoms with E-state index in [0.29, 0.717) is 5.92 Å². The van der Waals surface area contributed by atoms with Crippen LogP contribution in [0.25, 0.3) is 0 Å². The number of hydrogen-bond acceptors (Lipinski definition) is 2. The van der Waals surface area contributed by atoms with E-state index in [4.69, 9.17) is 0 Å². The number of rotatable bonds is 8. The lowest BCUT2D eigenvalue weighted by Gasteiger charge is -2.09. The van der Waals surface area contributed by atoms with Crippen molar-refractivity contribution in [3.63, 3.8) is 0 Å². The van der Waals surface area contributed by atoms with Crippen LogP contribution in [0.3, 0.4) is 0 Å². The highest BCUT2D eigenvalue weighted by Crippen LogP contribution is 2.42. The smallest absolute Gasteiger partial charge is 0.235 e. The van der Waals surface area contributed by atoms with Crippen molar-refractivity contribution in [2.24, 2.45) is 11.8 Å². The van der Waals surface area contributed by atoms with E-state index in [1.165, 1.54) is 19.3 Å². The lowest BCUT2D eigenvalue weighted by Crippen LogP contribution is -2.34. The highest BCUT2D eigenvalue weighted by Gasteiger charge is 2.47. The fourth-order valence-electron chi connectivity index (χ4n) is 2.16. The van der Waals surface area contributed by atoms with Gasteiger partial charge in [-0.25, -0.2) is 4.21 Å². The molecule has 19 heavy (non-hydrogen) atoms. The molecule has 2 saturated carbocycles. The fourth-order valence-corrected chi connectivity index (χ4v) is 3.22. The van der Waals surface area contributed by atoms with Crippen molar-refractivity contribution >= 4 is 16.9 Å². The number of amides is 1. The Kier molecular flexibility index (Phi) is 4.82. The predicted octanol–water partition coefficient (Wildman–Crippen LogP) is 3.09. The summed E-state index contributed by atoms with van der Waals surface area (Å²) in [6.07, 6.45) is 12.1. The van der Waals surface area contributed by atoms with Crippen molar-refractivity contribution in [3.8, 4) is 0 Å². The second-order valence-corrected chi connectivity index (χ2v) is 7.84. The minimum Gasteiger partial charge on any atom is -0.274 e. The Morgan fingerprint density at radius 2 is 2.16 bits per heavy atom. The van der Waals surface area contributed by atoms with Crippen LogP contribution in [0.5, 0.6) is 0 Å². The van der Waals surface area contributed by atoms with Gasteiger partial charge in [0.25, 0.3) is 0 Å². The number of allylic oxidation sites excluding steroid dienone is 2. The highest BCUT2D eigenvalue weighted by atomic mass is 32.2. The first-order valence-corrected chi connectivity index (χ1v) is 8.61. The van der Waals surface area contributed by atoms with E-state index < -0.39 is 11.0 Å². The van der Waals surface area contributed by atoms with Crippen molar-refractivity contribution in [1.29, 1.82) is 0 Å². The monoisotopic (exact) mass is 283 g/mol. The summed E-state index contributed by atoms with van der Waals surface area (Å²) < 4.78 is 14.4. The van der Waals surface area contributed by atoms with Crippen molar-refractivity contribution in [2.75, 3.05) is 0 Å². The van der Waals surface area contributed by atoms with Gasteiger partial charge >= 0.3 is 0 Å². The zero-order valence-electron chi connectivity index (χ0n) is 12.0. The molecule has 0 aromatic rings. The summed E-state index contributed by atoms with van der Waals surface area (Å²) in [7, 11) is -1.19. The molecule has 0 bridgehead atoms. The quantitative estimate of drug-likeness (QED) is 0.549. The maximum absolute atomic E-state index is 11.9. The van der Waals surface area contributed by atoms with Crippen molar-refractivity contribution in [2.45, 2.75) is 63.5 Å². The molecule has 2 aliphatic rings. The predicted molar refractivity (Wildman–Crippen MR) is 78.8 cm³/mol. The Balaban J connectivity index is 1.65. The van der Waals surface area contributed by atoms with Gasteiger partial charge in [0.05, 0.1) is 4.75 Å². The maximum atomic E-state index is 11.9. The van der Waals surface area contributed by atoms with Crippen LogP contribution >= 0.6 is 0 Å². The first-order valence-electron chi connectivity index (χ1n) is 7.46. The van der Waals surface area contributed by atoms with Gasteiger partial charge in [0.1, 0.15) is 11.0 Å². The third kappa shape index (κ3) is 4.16. The summed E-state index contributed by atoms with van der Waals surface area (Å²) in [4.78, 5) is 11.9. The molecule has 3 atom stereocenters. The van der Waals surface area contributed by atoms with Crippen LogP contribution in [-0.2, 0) is 15.8 Å². The van der Waals surface area contributed by atoms with Gasteiger partial charge < -0.3 is 0 Å². The van der Waals surface area contributed by atoms with Crippen molar-refractivity contribution in [3.05, 3.63) is 12.2 Å². The molecule has 0 aromatic heterocycles. The molecule has 4 heteroatoms. The molecular formula is C15H25NO2S. The molecule has 0 heterocycles. The summed E-state index contributed by atoms with van der Waals surface area (Å²) in [5.41, 5.74) is 0. The fraction of sp³-hybridized carbons (Fsp3) is 0.800. The van der Waals surface area contributed by atoms with E-state index in [1.54, 1.807) is 0 Å². The molecule has 108 valence electrons. The number of carbonyl (C=O) groups excluding carboxylic acids is 1. The number of nitrogens with one attached hydrogen (secondary N) is 1. The summed E-state index contributed by atoms with van der Waals surface area (Å²) in [6, 6.07) is 0. The Morgan fingerprint density at radius 3 is 2.79 bits per heavy atom. The second-order valence-electron chi connectivity index (χ2n) is 6.11. The van der Waals surface area contributed by atoms with Crippen LogP contribution in [0, 0.1) is 11.8 Å². The van der Waals surface area contributed by atoms with Gasteiger partial charge in [-0.2, -0.15) is 0 Å². The second kappa shape index (κ2) is 6.21. The van der Waals surface area contributed by atoms with Crippen molar-refractivity contribution < 1.29 is 9.00 Å². The first-order chi connectivity index (χ1) is 9.07. The molecule has 2 fully saturated rings. The molecular weight excluding hydrogens is 258 g/mol. The molecule has 0 aromatic carbocycles. The maximum Gasteiger partial charge on any atom is 0.235 e. The summed E-state index contributed by atoms with van der Waals surface area (Å²) in [5, 5.41) is 0. The normalized spacial score (nSPS) is 29.2. The third-order valence-corrected chi connectivity index (χ3v) is 5.82. The molecule has 1 N–H and O–H groups in total. The molecule has 0 spiro atoms. The van der Waals surface area contributed by atoms with Crippen LogP contribution < -0.4 is 4.72 Å². The van der Waals surface area contributed by atoms with E-state index in [0.717, 1.165) is 25.7 Å². The minimum absolute atomic E-state index is 0.0188. The molecule has 0 radical (unpaired) electrons. The van der Waals surface area contributed by atoms with Crippen LogP contribution in [0.4, 0.5) is 0 Å². The summed E-state index contributed by atoms with van der Waals surface area (Å²) in [5.74, 6) is 0.425. The minimum atomic E-state index is -1.19. The molecule has 2 unspecified atom stereocenters. The van der Waals surface area contributed by atoms with E-state index in [-0.39, 0.29) is 16.6 Å².